The molecular weight excluding hydrogens is 220 g/mol. The normalized spacial score (nSPS) is 13.2. The summed E-state index contributed by atoms with van der Waals surface area (Å²) in [4.78, 5) is 21.7. The molecule has 0 aromatic rings. The second-order valence-electron chi connectivity index (χ2n) is 3.02. The maximum absolute atomic E-state index is 11.3. The average molecular weight is 237 g/mol. The summed E-state index contributed by atoms with van der Waals surface area (Å²) >= 11 is 0. The molecule has 0 rings (SSSR count). The first-order valence-corrected chi connectivity index (χ1v) is 4.33. The molecule has 0 aliphatic rings. The lowest BCUT2D eigenvalue weighted by Gasteiger charge is -2.15. The number of aliphatic carboxylic acids is 1. The summed E-state index contributed by atoms with van der Waals surface area (Å²) in [6.07, 6.45) is 2.14. The molecule has 0 bridgehead atoms. The fraction of sp³-hybridized carbons (Fsp3) is 0.556. The van der Waals surface area contributed by atoms with Crippen LogP contribution in [0.3, 0.4) is 0 Å². The van der Waals surface area contributed by atoms with Gasteiger partial charge in [-0.3, -0.25) is 9.59 Å². The van der Waals surface area contributed by atoms with E-state index in [-0.39, 0.29) is 24.7 Å². The van der Waals surface area contributed by atoms with Gasteiger partial charge >= 0.3 is 5.97 Å². The Balaban J connectivity index is 0. The van der Waals surface area contributed by atoms with Crippen LogP contribution in [-0.2, 0) is 9.59 Å². The average Bonchev–Trinajstić information content (AvgIpc) is 2.15. The minimum Gasteiger partial charge on any atom is -0.480 e. The fourth-order valence-corrected chi connectivity index (χ4v) is 1.12. The van der Waals surface area contributed by atoms with E-state index in [1.807, 2.05) is 0 Å². The summed E-state index contributed by atoms with van der Waals surface area (Å²) in [5, 5.41) is 11.0. The van der Waals surface area contributed by atoms with E-state index in [0.29, 0.717) is 6.42 Å². The summed E-state index contributed by atoms with van der Waals surface area (Å²) in [5.41, 5.74) is 5.33. The van der Waals surface area contributed by atoms with Gasteiger partial charge in [-0.25, -0.2) is 0 Å². The first kappa shape index (κ1) is 16.4. The van der Waals surface area contributed by atoms with Crippen LogP contribution in [0.15, 0.2) is 12.7 Å². The smallest absolute Gasteiger partial charge is 0.320 e. The number of carboxylic acid groups (broad SMARTS) is 1. The topological polar surface area (TPSA) is 92.4 Å². The third-order valence-electron chi connectivity index (χ3n) is 1.92. The van der Waals surface area contributed by atoms with Crippen LogP contribution in [0.1, 0.15) is 12.8 Å². The van der Waals surface area contributed by atoms with Crippen LogP contribution in [0.2, 0.25) is 0 Å². The molecule has 0 heterocycles. The van der Waals surface area contributed by atoms with Crippen molar-refractivity contribution in [1.29, 1.82) is 0 Å². The van der Waals surface area contributed by atoms with Crippen LogP contribution in [0.4, 0.5) is 0 Å². The Morgan fingerprint density at radius 2 is 2.13 bits per heavy atom. The second kappa shape index (κ2) is 8.26. The summed E-state index contributed by atoms with van der Waals surface area (Å²) in [6.45, 7) is 3.50. The van der Waals surface area contributed by atoms with E-state index >= 15 is 0 Å². The number of allylic oxidation sites excluding steroid dienone is 1. The van der Waals surface area contributed by atoms with E-state index in [0.717, 1.165) is 0 Å². The number of amides is 1. The molecule has 1 unspecified atom stereocenters. The third kappa shape index (κ3) is 6.09. The predicted molar refractivity (Wildman–Crippen MR) is 59.8 cm³/mol. The van der Waals surface area contributed by atoms with Gasteiger partial charge in [0.25, 0.3) is 0 Å². The molecule has 0 aromatic heterocycles. The van der Waals surface area contributed by atoms with Crippen molar-refractivity contribution < 1.29 is 14.7 Å². The van der Waals surface area contributed by atoms with Crippen LogP contribution in [-0.4, -0.2) is 30.1 Å². The number of carbonyl (C=O) groups is 2. The quantitative estimate of drug-likeness (QED) is 0.573. The van der Waals surface area contributed by atoms with Gasteiger partial charge in [-0.1, -0.05) is 6.08 Å². The Morgan fingerprint density at radius 3 is 2.47 bits per heavy atom. The monoisotopic (exact) mass is 236 g/mol. The van der Waals surface area contributed by atoms with Gasteiger partial charge in [0.1, 0.15) is 6.04 Å². The Kier molecular flexibility index (Phi) is 9.01. The molecule has 0 aromatic carbocycles. The van der Waals surface area contributed by atoms with Gasteiger partial charge in [0.05, 0.1) is 0 Å². The molecule has 0 spiro atoms. The van der Waals surface area contributed by atoms with Gasteiger partial charge in [0.2, 0.25) is 5.91 Å². The molecule has 2 atom stereocenters. The van der Waals surface area contributed by atoms with E-state index in [2.05, 4.69) is 11.9 Å². The van der Waals surface area contributed by atoms with Crippen molar-refractivity contribution in [3.63, 3.8) is 0 Å². The van der Waals surface area contributed by atoms with Crippen molar-refractivity contribution in [2.45, 2.75) is 18.9 Å². The van der Waals surface area contributed by atoms with Gasteiger partial charge in [0.15, 0.2) is 0 Å². The molecule has 1 amide bonds. The molecule has 15 heavy (non-hydrogen) atoms. The first-order valence-electron chi connectivity index (χ1n) is 4.33. The van der Waals surface area contributed by atoms with Crippen LogP contribution in [0.5, 0.6) is 0 Å². The Labute approximate surface area is 95.1 Å². The van der Waals surface area contributed by atoms with Gasteiger partial charge < -0.3 is 16.2 Å². The number of nitrogens with two attached hydrogens (primary N) is 1. The number of hydrogen-bond donors (Lipinski definition) is 3. The molecule has 0 aliphatic carbocycles. The fourth-order valence-electron chi connectivity index (χ4n) is 1.12. The first-order chi connectivity index (χ1) is 6.52. The van der Waals surface area contributed by atoms with Crippen LogP contribution in [0, 0.1) is 5.92 Å². The zero-order valence-electron chi connectivity index (χ0n) is 8.60. The molecule has 0 saturated carbocycles. The van der Waals surface area contributed by atoms with Crippen molar-refractivity contribution in [3.05, 3.63) is 12.7 Å². The van der Waals surface area contributed by atoms with Crippen molar-refractivity contribution >= 4 is 24.3 Å². The van der Waals surface area contributed by atoms with Gasteiger partial charge in [-0.2, -0.15) is 0 Å². The lowest BCUT2D eigenvalue weighted by molar-refractivity contribution is -0.139. The molecule has 0 radical (unpaired) electrons. The molecule has 0 saturated heterocycles. The standard InChI is InChI=1S/C9H16N2O3.ClH/c1-3-4-6(8(12)11-2)5-7(10)9(13)14;/h3,6-7H,1,4-5,10H2,2H3,(H,11,12)(H,13,14);1H/t6?,7-;/m0./s1. The Hall–Kier alpha value is -1.07. The van der Waals surface area contributed by atoms with Crippen molar-refractivity contribution in [2.75, 3.05) is 7.05 Å². The van der Waals surface area contributed by atoms with Crippen molar-refractivity contribution in [3.8, 4) is 0 Å². The summed E-state index contributed by atoms with van der Waals surface area (Å²) in [7, 11) is 1.50. The highest BCUT2D eigenvalue weighted by Gasteiger charge is 2.22. The van der Waals surface area contributed by atoms with Crippen LogP contribution < -0.4 is 11.1 Å². The molecule has 5 nitrogen and oxygen atoms in total. The number of halogens is 1. The summed E-state index contributed by atoms with van der Waals surface area (Å²) in [6, 6.07) is -1.00. The zero-order chi connectivity index (χ0) is 11.1. The van der Waals surface area contributed by atoms with Crippen LogP contribution in [0.25, 0.3) is 0 Å². The highest BCUT2D eigenvalue weighted by Crippen LogP contribution is 2.11. The number of rotatable bonds is 6. The molecule has 4 N–H and O–H groups in total. The number of carboxylic acids is 1. The van der Waals surface area contributed by atoms with Gasteiger partial charge in [0, 0.05) is 13.0 Å². The lowest BCUT2D eigenvalue weighted by Crippen LogP contribution is -2.37. The number of carbonyl (C=O) groups excluding carboxylic acids is 1. The van der Waals surface area contributed by atoms with Gasteiger partial charge in [-0.05, 0) is 12.8 Å². The summed E-state index contributed by atoms with van der Waals surface area (Å²) < 4.78 is 0. The Morgan fingerprint density at radius 1 is 1.60 bits per heavy atom. The van der Waals surface area contributed by atoms with Crippen molar-refractivity contribution in [2.24, 2.45) is 11.7 Å². The molecule has 0 aliphatic heterocycles. The van der Waals surface area contributed by atoms with Crippen molar-refractivity contribution in [1.82, 2.24) is 5.32 Å². The lowest BCUT2D eigenvalue weighted by atomic mass is 9.96. The van der Waals surface area contributed by atoms with E-state index in [9.17, 15) is 9.59 Å². The SMILES string of the molecule is C=CCC(C[C@H](N)C(=O)O)C(=O)NC.Cl. The van der Waals surface area contributed by atoms with Gasteiger partial charge in [-0.15, -0.1) is 19.0 Å². The molecule has 88 valence electrons. The maximum atomic E-state index is 11.3. The van der Waals surface area contributed by atoms with E-state index in [1.165, 1.54) is 7.05 Å². The highest BCUT2D eigenvalue weighted by molar-refractivity contribution is 5.85. The summed E-state index contributed by atoms with van der Waals surface area (Å²) in [5.74, 6) is -1.71. The molecule has 6 heteroatoms. The minimum absolute atomic E-state index is 0. The maximum Gasteiger partial charge on any atom is 0.320 e. The van der Waals surface area contributed by atoms with E-state index < -0.39 is 17.9 Å². The highest BCUT2D eigenvalue weighted by atomic mass is 35.5. The third-order valence-corrected chi connectivity index (χ3v) is 1.92. The van der Waals surface area contributed by atoms with Crippen LogP contribution >= 0.6 is 12.4 Å². The molecular formula is C9H17ClN2O3. The Bertz CT molecular complexity index is 233. The largest absolute Gasteiger partial charge is 0.480 e. The molecule has 0 fully saturated rings. The predicted octanol–water partition coefficient (Wildman–Crippen LogP) is 0.148. The second-order valence-corrected chi connectivity index (χ2v) is 3.02. The minimum atomic E-state index is -1.09. The van der Waals surface area contributed by atoms with E-state index in [4.69, 9.17) is 10.8 Å². The zero-order valence-corrected chi connectivity index (χ0v) is 9.42. The van der Waals surface area contributed by atoms with E-state index in [1.54, 1.807) is 6.08 Å². The number of nitrogens with one attached hydrogen (secondary N) is 1. The number of hydrogen-bond acceptors (Lipinski definition) is 3.